The molecule has 2 N–H and O–H groups in total. The van der Waals surface area contributed by atoms with Crippen LogP contribution in [0.15, 0.2) is 24.3 Å². The smallest absolute Gasteiger partial charge is 0.307 e. The van der Waals surface area contributed by atoms with Crippen LogP contribution in [0.1, 0.15) is 0 Å². The van der Waals surface area contributed by atoms with Gasteiger partial charge in [0.15, 0.2) is 0 Å². The number of hydrazine groups is 1. The number of nitrogens with one attached hydrogen (secondary N) is 2. The number of urea groups is 1. The third kappa shape index (κ3) is 3.40. The van der Waals surface area contributed by atoms with E-state index in [1.807, 2.05) is 0 Å². The summed E-state index contributed by atoms with van der Waals surface area (Å²) >= 11 is 0. The van der Waals surface area contributed by atoms with Crippen LogP contribution in [0.3, 0.4) is 0 Å². The van der Waals surface area contributed by atoms with Crippen LogP contribution < -0.4 is 10.7 Å². The van der Waals surface area contributed by atoms with Crippen LogP contribution in [-0.4, -0.2) is 25.1 Å². The third-order valence-corrected chi connectivity index (χ3v) is 1.43. The molecule has 0 aromatic heterocycles. The van der Waals surface area contributed by atoms with E-state index in [0.717, 1.165) is 0 Å². The molecule has 0 unspecified atom stereocenters. The summed E-state index contributed by atoms with van der Waals surface area (Å²) in [5.74, 6) is -0.330. The van der Waals surface area contributed by atoms with Crippen molar-refractivity contribution in [1.82, 2.24) is 10.4 Å². The van der Waals surface area contributed by atoms with Gasteiger partial charge in [-0.25, -0.2) is 14.2 Å². The van der Waals surface area contributed by atoms with Crippen LogP contribution in [0.5, 0.6) is 0 Å². The number of carbonyl (C=O) groups excluding carboxylic acids is 1. The zero-order chi connectivity index (χ0) is 10.6. The standard InChI is InChI=1S/C9H12FN3O/c1-13(2)12-9(14)11-8-5-3-7(10)4-6-8/h3-6H,1-2H3,(H2,11,12,14). The molecule has 0 aliphatic heterocycles. The normalized spacial score (nSPS) is 10.0. The molecule has 0 saturated heterocycles. The van der Waals surface area contributed by atoms with E-state index in [1.54, 1.807) is 14.1 Å². The van der Waals surface area contributed by atoms with Crippen molar-refractivity contribution < 1.29 is 9.18 Å². The molecule has 0 atom stereocenters. The fourth-order valence-corrected chi connectivity index (χ4v) is 0.895. The van der Waals surface area contributed by atoms with Crippen molar-refractivity contribution in [2.24, 2.45) is 0 Å². The molecule has 0 spiro atoms. The lowest BCUT2D eigenvalue weighted by molar-refractivity contribution is 0.224. The molecule has 1 rings (SSSR count). The molecular weight excluding hydrogens is 185 g/mol. The minimum atomic E-state index is -0.360. The highest BCUT2D eigenvalue weighted by atomic mass is 19.1. The maximum atomic E-state index is 12.5. The number of benzene rings is 1. The van der Waals surface area contributed by atoms with E-state index < -0.39 is 0 Å². The summed E-state index contributed by atoms with van der Waals surface area (Å²) in [6.45, 7) is 0. The van der Waals surface area contributed by atoms with E-state index in [-0.39, 0.29) is 11.8 Å². The molecular formula is C9H12FN3O. The number of carbonyl (C=O) groups is 1. The molecule has 1 aromatic rings. The van der Waals surface area contributed by atoms with Crippen molar-refractivity contribution in [2.45, 2.75) is 0 Å². The molecule has 0 aliphatic rings. The monoisotopic (exact) mass is 197 g/mol. The van der Waals surface area contributed by atoms with Crippen molar-refractivity contribution in [3.8, 4) is 0 Å². The molecule has 1 aromatic carbocycles. The van der Waals surface area contributed by atoms with Gasteiger partial charge in [-0.05, 0) is 24.3 Å². The zero-order valence-electron chi connectivity index (χ0n) is 8.04. The van der Waals surface area contributed by atoms with Gasteiger partial charge in [0.1, 0.15) is 5.82 Å². The summed E-state index contributed by atoms with van der Waals surface area (Å²) < 4.78 is 12.5. The van der Waals surface area contributed by atoms with Crippen LogP contribution in [0.4, 0.5) is 14.9 Å². The number of hydrogen-bond donors (Lipinski definition) is 2. The van der Waals surface area contributed by atoms with Gasteiger partial charge in [-0.2, -0.15) is 0 Å². The second kappa shape index (κ2) is 4.57. The molecule has 5 heteroatoms. The average Bonchev–Trinajstić information content (AvgIpc) is 2.07. The summed E-state index contributed by atoms with van der Waals surface area (Å²) in [5, 5.41) is 4.05. The van der Waals surface area contributed by atoms with E-state index in [9.17, 15) is 9.18 Å². The molecule has 76 valence electrons. The highest BCUT2D eigenvalue weighted by Gasteiger charge is 2.01. The largest absolute Gasteiger partial charge is 0.333 e. The van der Waals surface area contributed by atoms with Crippen LogP contribution >= 0.6 is 0 Å². The van der Waals surface area contributed by atoms with Gasteiger partial charge in [0, 0.05) is 19.8 Å². The SMILES string of the molecule is CN(C)NC(=O)Nc1ccc(F)cc1. The lowest BCUT2D eigenvalue weighted by Crippen LogP contribution is -2.39. The molecule has 2 amide bonds. The van der Waals surface area contributed by atoms with Crippen LogP contribution in [0.25, 0.3) is 0 Å². The first-order chi connectivity index (χ1) is 6.58. The Morgan fingerprint density at radius 2 is 1.86 bits per heavy atom. The quantitative estimate of drug-likeness (QED) is 0.704. The first-order valence-electron chi connectivity index (χ1n) is 4.08. The highest BCUT2D eigenvalue weighted by Crippen LogP contribution is 2.07. The maximum absolute atomic E-state index is 12.5. The minimum Gasteiger partial charge on any atom is -0.307 e. The van der Waals surface area contributed by atoms with Gasteiger partial charge >= 0.3 is 6.03 Å². The van der Waals surface area contributed by atoms with Crippen molar-refractivity contribution in [2.75, 3.05) is 19.4 Å². The summed E-state index contributed by atoms with van der Waals surface area (Å²) in [7, 11) is 3.40. The average molecular weight is 197 g/mol. The Kier molecular flexibility index (Phi) is 3.41. The third-order valence-electron chi connectivity index (χ3n) is 1.43. The van der Waals surface area contributed by atoms with E-state index in [1.165, 1.54) is 29.3 Å². The van der Waals surface area contributed by atoms with Gasteiger partial charge < -0.3 is 5.32 Å². The van der Waals surface area contributed by atoms with Crippen LogP contribution in [0.2, 0.25) is 0 Å². The molecule has 4 nitrogen and oxygen atoms in total. The van der Waals surface area contributed by atoms with Crippen molar-refractivity contribution in [1.29, 1.82) is 0 Å². The number of halogens is 1. The van der Waals surface area contributed by atoms with E-state index in [2.05, 4.69) is 10.7 Å². The maximum Gasteiger partial charge on any atom is 0.333 e. The van der Waals surface area contributed by atoms with Gasteiger partial charge in [0.05, 0.1) is 0 Å². The number of amides is 2. The Morgan fingerprint density at radius 3 is 2.36 bits per heavy atom. The minimum absolute atomic E-state index is 0.330. The van der Waals surface area contributed by atoms with Gasteiger partial charge in [0.25, 0.3) is 0 Å². The predicted octanol–water partition coefficient (Wildman–Crippen LogP) is 1.42. The van der Waals surface area contributed by atoms with E-state index in [0.29, 0.717) is 5.69 Å². The van der Waals surface area contributed by atoms with Gasteiger partial charge in [-0.3, -0.25) is 5.43 Å². The van der Waals surface area contributed by atoms with E-state index in [4.69, 9.17) is 0 Å². The lowest BCUT2D eigenvalue weighted by atomic mass is 10.3. The Labute approximate surface area is 81.7 Å². The molecule has 0 saturated carbocycles. The number of hydrogen-bond acceptors (Lipinski definition) is 2. The predicted molar refractivity (Wildman–Crippen MR) is 52.2 cm³/mol. The van der Waals surface area contributed by atoms with Gasteiger partial charge in [0.2, 0.25) is 0 Å². The Bertz CT molecular complexity index is 310. The second-order valence-electron chi connectivity index (χ2n) is 2.97. The zero-order valence-corrected chi connectivity index (χ0v) is 8.04. The first kappa shape index (κ1) is 10.5. The molecule has 0 heterocycles. The van der Waals surface area contributed by atoms with Crippen LogP contribution in [0, 0.1) is 5.82 Å². The lowest BCUT2D eigenvalue weighted by Gasteiger charge is -2.12. The first-order valence-corrected chi connectivity index (χ1v) is 4.08. The number of rotatable bonds is 2. The van der Waals surface area contributed by atoms with Gasteiger partial charge in [-0.1, -0.05) is 0 Å². The second-order valence-corrected chi connectivity index (χ2v) is 2.97. The summed E-state index contributed by atoms with van der Waals surface area (Å²) in [6, 6.07) is 5.19. The fourth-order valence-electron chi connectivity index (χ4n) is 0.895. The topological polar surface area (TPSA) is 44.4 Å². The summed E-state index contributed by atoms with van der Waals surface area (Å²) in [6.07, 6.45) is 0. The summed E-state index contributed by atoms with van der Waals surface area (Å²) in [5.41, 5.74) is 3.04. The Morgan fingerprint density at radius 1 is 1.29 bits per heavy atom. The van der Waals surface area contributed by atoms with Gasteiger partial charge in [-0.15, -0.1) is 0 Å². The molecule has 0 bridgehead atoms. The molecule has 0 fully saturated rings. The fraction of sp³-hybridized carbons (Fsp3) is 0.222. The molecule has 0 aliphatic carbocycles. The molecule has 0 radical (unpaired) electrons. The van der Waals surface area contributed by atoms with E-state index >= 15 is 0 Å². The van der Waals surface area contributed by atoms with Crippen molar-refractivity contribution in [3.05, 3.63) is 30.1 Å². The van der Waals surface area contributed by atoms with Crippen molar-refractivity contribution in [3.63, 3.8) is 0 Å². The Balaban J connectivity index is 2.52. The Hall–Kier alpha value is -1.62. The number of nitrogens with zero attached hydrogens (tertiary/aromatic N) is 1. The van der Waals surface area contributed by atoms with Crippen LogP contribution in [-0.2, 0) is 0 Å². The molecule has 14 heavy (non-hydrogen) atoms. The summed E-state index contributed by atoms with van der Waals surface area (Å²) in [4.78, 5) is 11.2. The van der Waals surface area contributed by atoms with Crippen molar-refractivity contribution >= 4 is 11.7 Å². The number of anilines is 1. The highest BCUT2D eigenvalue weighted by molar-refractivity contribution is 5.88.